The second kappa shape index (κ2) is 5.60. The molecule has 3 aromatic heterocycles. The molecule has 1 atom stereocenters. The van der Waals surface area contributed by atoms with Gasteiger partial charge >= 0.3 is 0 Å². The van der Waals surface area contributed by atoms with Gasteiger partial charge in [0.15, 0.2) is 0 Å². The molecule has 0 fully saturated rings. The van der Waals surface area contributed by atoms with E-state index in [2.05, 4.69) is 27.4 Å². The second-order valence-electron chi connectivity index (χ2n) is 6.22. The Labute approximate surface area is 139 Å². The molecule has 3 heterocycles. The number of anilines is 1. The molecule has 1 N–H and O–H groups in total. The molecule has 0 radical (unpaired) electrons. The quantitative estimate of drug-likeness (QED) is 0.774. The normalized spacial score (nSPS) is 15.6. The van der Waals surface area contributed by atoms with Crippen LogP contribution in [0.5, 0.6) is 0 Å². The summed E-state index contributed by atoms with van der Waals surface area (Å²) >= 11 is 1.82. The molecule has 0 saturated heterocycles. The minimum atomic E-state index is 0.0958. The topological polar surface area (TPSA) is 63.8 Å². The van der Waals surface area contributed by atoms with E-state index in [1.807, 2.05) is 25.2 Å². The number of fused-ring (bicyclic) bond motifs is 3. The average molecular weight is 328 g/mol. The fourth-order valence-electron chi connectivity index (χ4n) is 3.59. The molecule has 0 aliphatic heterocycles. The van der Waals surface area contributed by atoms with Gasteiger partial charge in [-0.1, -0.05) is 5.16 Å². The summed E-state index contributed by atoms with van der Waals surface area (Å²) in [7, 11) is 0. The predicted molar refractivity (Wildman–Crippen MR) is 92.1 cm³/mol. The van der Waals surface area contributed by atoms with Gasteiger partial charge in [-0.15, -0.1) is 11.3 Å². The fourth-order valence-corrected chi connectivity index (χ4v) is 4.81. The van der Waals surface area contributed by atoms with Gasteiger partial charge in [0.25, 0.3) is 0 Å². The van der Waals surface area contributed by atoms with Crippen molar-refractivity contribution in [1.29, 1.82) is 0 Å². The summed E-state index contributed by atoms with van der Waals surface area (Å²) < 4.78 is 5.30. The highest BCUT2D eigenvalue weighted by Crippen LogP contribution is 2.39. The highest BCUT2D eigenvalue weighted by atomic mass is 32.1. The molecule has 0 bridgehead atoms. The van der Waals surface area contributed by atoms with Crippen LogP contribution in [0.25, 0.3) is 10.2 Å². The van der Waals surface area contributed by atoms with Gasteiger partial charge in [0, 0.05) is 10.4 Å². The van der Waals surface area contributed by atoms with Crippen LogP contribution in [0.1, 0.15) is 53.3 Å². The lowest BCUT2D eigenvalue weighted by Crippen LogP contribution is -2.10. The molecule has 3 aromatic rings. The Bertz CT molecular complexity index is 847. The zero-order valence-electron chi connectivity index (χ0n) is 13.6. The number of hydrogen-bond donors (Lipinski definition) is 1. The van der Waals surface area contributed by atoms with E-state index in [0.717, 1.165) is 34.1 Å². The SMILES string of the molecule is Cc1noc(C)c1C(C)Nc1ncnc2sc3c(c12)CCCC3. The van der Waals surface area contributed by atoms with Crippen molar-refractivity contribution in [3.05, 3.63) is 33.8 Å². The number of rotatable bonds is 3. The smallest absolute Gasteiger partial charge is 0.139 e. The maximum atomic E-state index is 5.30. The largest absolute Gasteiger partial charge is 0.363 e. The van der Waals surface area contributed by atoms with Crippen LogP contribution in [0, 0.1) is 13.8 Å². The van der Waals surface area contributed by atoms with Gasteiger partial charge in [0.05, 0.1) is 17.1 Å². The lowest BCUT2D eigenvalue weighted by Gasteiger charge is -2.16. The van der Waals surface area contributed by atoms with Crippen molar-refractivity contribution in [2.45, 2.75) is 52.5 Å². The summed E-state index contributed by atoms with van der Waals surface area (Å²) in [6.45, 7) is 6.06. The molecule has 0 aromatic carbocycles. The van der Waals surface area contributed by atoms with Gasteiger partial charge in [0.2, 0.25) is 0 Å². The third kappa shape index (κ3) is 2.41. The minimum absolute atomic E-state index is 0.0958. The van der Waals surface area contributed by atoms with E-state index >= 15 is 0 Å². The van der Waals surface area contributed by atoms with Crippen molar-refractivity contribution < 1.29 is 4.52 Å². The first kappa shape index (κ1) is 14.6. The molecule has 23 heavy (non-hydrogen) atoms. The van der Waals surface area contributed by atoms with Crippen molar-refractivity contribution in [3.63, 3.8) is 0 Å². The molecular weight excluding hydrogens is 308 g/mol. The lowest BCUT2D eigenvalue weighted by atomic mass is 9.97. The summed E-state index contributed by atoms with van der Waals surface area (Å²) in [5.74, 6) is 1.79. The Kier molecular flexibility index (Phi) is 3.56. The molecule has 120 valence electrons. The molecule has 0 saturated carbocycles. The average Bonchev–Trinajstić information content (AvgIpc) is 3.08. The van der Waals surface area contributed by atoms with Gasteiger partial charge in [0.1, 0.15) is 22.7 Å². The van der Waals surface area contributed by atoms with Gasteiger partial charge in [-0.2, -0.15) is 0 Å². The Morgan fingerprint density at radius 1 is 1.22 bits per heavy atom. The van der Waals surface area contributed by atoms with Crippen LogP contribution in [-0.4, -0.2) is 15.1 Å². The van der Waals surface area contributed by atoms with Gasteiger partial charge in [-0.05, 0) is 52.0 Å². The summed E-state index contributed by atoms with van der Waals surface area (Å²) in [5, 5.41) is 8.83. The Morgan fingerprint density at radius 3 is 2.83 bits per heavy atom. The Morgan fingerprint density at radius 2 is 2.04 bits per heavy atom. The van der Waals surface area contributed by atoms with E-state index in [1.54, 1.807) is 6.33 Å². The Hall–Kier alpha value is -1.95. The van der Waals surface area contributed by atoms with E-state index < -0.39 is 0 Å². The first-order chi connectivity index (χ1) is 11.1. The van der Waals surface area contributed by atoms with Gasteiger partial charge < -0.3 is 9.84 Å². The van der Waals surface area contributed by atoms with Crippen molar-refractivity contribution in [3.8, 4) is 0 Å². The number of thiophene rings is 1. The van der Waals surface area contributed by atoms with Crippen LogP contribution in [0.15, 0.2) is 10.9 Å². The molecular formula is C17H20N4OS. The third-order valence-electron chi connectivity index (χ3n) is 4.63. The van der Waals surface area contributed by atoms with Crippen LogP contribution in [0.2, 0.25) is 0 Å². The van der Waals surface area contributed by atoms with Crippen molar-refractivity contribution in [1.82, 2.24) is 15.1 Å². The molecule has 0 amide bonds. The van der Waals surface area contributed by atoms with E-state index in [9.17, 15) is 0 Å². The van der Waals surface area contributed by atoms with Crippen LogP contribution < -0.4 is 5.32 Å². The summed E-state index contributed by atoms with van der Waals surface area (Å²) in [6, 6.07) is 0.0958. The number of nitrogens with one attached hydrogen (secondary N) is 1. The van der Waals surface area contributed by atoms with E-state index in [-0.39, 0.29) is 6.04 Å². The number of aromatic nitrogens is 3. The minimum Gasteiger partial charge on any atom is -0.363 e. The Balaban J connectivity index is 1.76. The zero-order chi connectivity index (χ0) is 16.0. The maximum Gasteiger partial charge on any atom is 0.139 e. The van der Waals surface area contributed by atoms with Gasteiger partial charge in [-0.25, -0.2) is 9.97 Å². The van der Waals surface area contributed by atoms with Crippen LogP contribution >= 0.6 is 11.3 Å². The first-order valence-electron chi connectivity index (χ1n) is 8.09. The predicted octanol–water partition coefficient (Wildman–Crippen LogP) is 4.35. The molecule has 6 heteroatoms. The van der Waals surface area contributed by atoms with Crippen molar-refractivity contribution in [2.24, 2.45) is 0 Å². The van der Waals surface area contributed by atoms with E-state index in [0.29, 0.717) is 0 Å². The monoisotopic (exact) mass is 328 g/mol. The fraction of sp³-hybridized carbons (Fsp3) is 0.471. The van der Waals surface area contributed by atoms with E-state index in [1.165, 1.54) is 35.1 Å². The number of nitrogens with zero attached hydrogens (tertiary/aromatic N) is 3. The van der Waals surface area contributed by atoms with Crippen LogP contribution in [0.3, 0.4) is 0 Å². The molecule has 1 aliphatic carbocycles. The van der Waals surface area contributed by atoms with E-state index in [4.69, 9.17) is 4.52 Å². The van der Waals surface area contributed by atoms with Gasteiger partial charge in [-0.3, -0.25) is 0 Å². The van der Waals surface area contributed by atoms with Crippen molar-refractivity contribution in [2.75, 3.05) is 5.32 Å². The maximum absolute atomic E-state index is 5.30. The lowest BCUT2D eigenvalue weighted by molar-refractivity contribution is 0.392. The summed E-state index contributed by atoms with van der Waals surface area (Å²) in [6.07, 6.45) is 6.51. The standard InChI is InChI=1S/C17H20N4OS/c1-9(14-10(2)21-22-11(14)3)20-16-15-12-6-4-5-7-13(12)23-17(15)19-8-18-16/h8-9H,4-7H2,1-3H3,(H,18,19,20). The first-order valence-corrected chi connectivity index (χ1v) is 8.91. The molecule has 5 nitrogen and oxygen atoms in total. The number of hydrogen-bond acceptors (Lipinski definition) is 6. The zero-order valence-corrected chi connectivity index (χ0v) is 14.5. The molecule has 1 unspecified atom stereocenters. The number of aryl methyl sites for hydroxylation is 4. The van der Waals surface area contributed by atoms with Crippen LogP contribution in [0.4, 0.5) is 5.82 Å². The molecule has 4 rings (SSSR count). The molecule has 0 spiro atoms. The second-order valence-corrected chi connectivity index (χ2v) is 7.30. The highest BCUT2D eigenvalue weighted by Gasteiger charge is 2.22. The third-order valence-corrected chi connectivity index (χ3v) is 5.83. The van der Waals surface area contributed by atoms with Crippen LogP contribution in [-0.2, 0) is 12.8 Å². The molecule has 1 aliphatic rings. The highest BCUT2D eigenvalue weighted by molar-refractivity contribution is 7.19. The summed E-state index contributed by atoms with van der Waals surface area (Å²) in [4.78, 5) is 11.6. The van der Waals surface area contributed by atoms with Crippen molar-refractivity contribution >= 4 is 27.4 Å². The summed E-state index contributed by atoms with van der Waals surface area (Å²) in [5.41, 5.74) is 3.49.